The Morgan fingerprint density at radius 2 is 2.15 bits per heavy atom. The van der Waals surface area contributed by atoms with E-state index in [2.05, 4.69) is 10.3 Å². The summed E-state index contributed by atoms with van der Waals surface area (Å²) in [5, 5.41) is 3.72. The molecule has 0 saturated heterocycles. The van der Waals surface area contributed by atoms with Gasteiger partial charge in [-0.15, -0.1) is 0 Å². The molecule has 1 aromatic carbocycles. The van der Waals surface area contributed by atoms with Crippen LogP contribution in [0.15, 0.2) is 30.5 Å². The molecular formula is C15H18N2O3. The third kappa shape index (κ3) is 3.45. The minimum absolute atomic E-state index is 0.127. The first kappa shape index (κ1) is 14.3. The van der Waals surface area contributed by atoms with Crippen molar-refractivity contribution in [1.29, 1.82) is 0 Å². The number of fused-ring (bicyclic) bond motifs is 1. The van der Waals surface area contributed by atoms with Crippen LogP contribution in [0.4, 0.5) is 0 Å². The number of carbonyl (C=O) groups excluding carboxylic acids is 1. The second-order valence-electron chi connectivity index (χ2n) is 4.38. The Balaban J connectivity index is 2.11. The van der Waals surface area contributed by atoms with Crippen molar-refractivity contribution in [3.8, 4) is 5.75 Å². The largest absolute Gasteiger partial charge is 0.497 e. The summed E-state index contributed by atoms with van der Waals surface area (Å²) >= 11 is 0. The number of aromatic nitrogens is 1. The molecule has 106 valence electrons. The van der Waals surface area contributed by atoms with E-state index >= 15 is 0 Å². The summed E-state index contributed by atoms with van der Waals surface area (Å²) < 4.78 is 10.1. The molecule has 5 nitrogen and oxygen atoms in total. The number of hydrogen-bond acceptors (Lipinski definition) is 4. The van der Waals surface area contributed by atoms with Crippen molar-refractivity contribution < 1.29 is 14.3 Å². The van der Waals surface area contributed by atoms with Crippen molar-refractivity contribution in [2.45, 2.75) is 6.42 Å². The van der Waals surface area contributed by atoms with Crippen LogP contribution >= 0.6 is 0 Å². The Labute approximate surface area is 117 Å². The van der Waals surface area contributed by atoms with Gasteiger partial charge in [0.2, 0.25) is 0 Å². The highest BCUT2D eigenvalue weighted by Crippen LogP contribution is 2.19. The summed E-state index contributed by atoms with van der Waals surface area (Å²) in [7, 11) is 3.25. The van der Waals surface area contributed by atoms with Gasteiger partial charge in [0.15, 0.2) is 0 Å². The van der Waals surface area contributed by atoms with Crippen LogP contribution in [-0.4, -0.2) is 38.3 Å². The number of nitrogens with zero attached hydrogens (tertiary/aromatic N) is 1. The molecule has 20 heavy (non-hydrogen) atoms. The van der Waals surface area contributed by atoms with E-state index in [0.29, 0.717) is 18.7 Å². The van der Waals surface area contributed by atoms with E-state index in [4.69, 9.17) is 9.47 Å². The van der Waals surface area contributed by atoms with Crippen LogP contribution in [0, 0.1) is 0 Å². The summed E-state index contributed by atoms with van der Waals surface area (Å²) in [6, 6.07) is 7.40. The molecule has 1 aromatic heterocycles. The van der Waals surface area contributed by atoms with E-state index in [-0.39, 0.29) is 5.91 Å². The van der Waals surface area contributed by atoms with E-state index in [1.807, 2.05) is 24.3 Å². The number of carbonyl (C=O) groups is 1. The fourth-order valence-corrected chi connectivity index (χ4v) is 1.88. The van der Waals surface area contributed by atoms with Crippen LogP contribution in [0.5, 0.6) is 5.75 Å². The molecular weight excluding hydrogens is 256 g/mol. The van der Waals surface area contributed by atoms with Gasteiger partial charge in [-0.25, -0.2) is 0 Å². The fraction of sp³-hybridized carbons (Fsp3) is 0.333. The van der Waals surface area contributed by atoms with Crippen molar-refractivity contribution in [1.82, 2.24) is 10.3 Å². The van der Waals surface area contributed by atoms with Crippen LogP contribution in [0.2, 0.25) is 0 Å². The molecule has 0 fully saturated rings. The standard InChI is InChI=1S/C15H18N2O3/c1-19-7-3-6-16-15(18)12-8-11-9-13(20-2)4-5-14(11)17-10-12/h4-5,8-10H,3,6-7H2,1-2H3,(H,16,18). The quantitative estimate of drug-likeness (QED) is 0.819. The zero-order valence-electron chi connectivity index (χ0n) is 11.7. The van der Waals surface area contributed by atoms with Gasteiger partial charge in [0.05, 0.1) is 18.2 Å². The van der Waals surface area contributed by atoms with Crippen LogP contribution in [-0.2, 0) is 4.74 Å². The lowest BCUT2D eigenvalue weighted by atomic mass is 10.1. The SMILES string of the molecule is COCCCNC(=O)c1cnc2ccc(OC)cc2c1. The summed E-state index contributed by atoms with van der Waals surface area (Å²) in [6.45, 7) is 1.22. The van der Waals surface area contributed by atoms with Gasteiger partial charge in [0.1, 0.15) is 5.75 Å². The first-order chi connectivity index (χ1) is 9.74. The monoisotopic (exact) mass is 274 g/mol. The Morgan fingerprint density at radius 3 is 2.90 bits per heavy atom. The van der Waals surface area contributed by atoms with Crippen LogP contribution < -0.4 is 10.1 Å². The van der Waals surface area contributed by atoms with Crippen molar-refractivity contribution in [2.24, 2.45) is 0 Å². The smallest absolute Gasteiger partial charge is 0.252 e. The number of rotatable bonds is 6. The molecule has 0 radical (unpaired) electrons. The first-order valence-corrected chi connectivity index (χ1v) is 6.45. The van der Waals surface area contributed by atoms with E-state index < -0.39 is 0 Å². The zero-order valence-corrected chi connectivity index (χ0v) is 11.7. The highest BCUT2D eigenvalue weighted by Gasteiger charge is 2.07. The fourth-order valence-electron chi connectivity index (χ4n) is 1.88. The van der Waals surface area contributed by atoms with Gasteiger partial charge in [-0.2, -0.15) is 0 Å². The lowest BCUT2D eigenvalue weighted by Crippen LogP contribution is -2.25. The predicted octanol–water partition coefficient (Wildman–Crippen LogP) is 2.01. The second-order valence-corrected chi connectivity index (χ2v) is 4.38. The van der Waals surface area contributed by atoms with Crippen LogP contribution in [0.1, 0.15) is 16.8 Å². The van der Waals surface area contributed by atoms with E-state index in [9.17, 15) is 4.79 Å². The maximum Gasteiger partial charge on any atom is 0.252 e. The Hall–Kier alpha value is -2.14. The molecule has 0 saturated carbocycles. The normalized spacial score (nSPS) is 10.5. The Morgan fingerprint density at radius 1 is 1.30 bits per heavy atom. The predicted molar refractivity (Wildman–Crippen MR) is 77.1 cm³/mol. The molecule has 2 aromatic rings. The highest BCUT2D eigenvalue weighted by molar-refractivity contribution is 5.97. The highest BCUT2D eigenvalue weighted by atomic mass is 16.5. The Kier molecular flexibility index (Phi) is 4.90. The summed E-state index contributed by atoms with van der Waals surface area (Å²) in [5.41, 5.74) is 1.38. The van der Waals surface area contributed by atoms with Gasteiger partial charge >= 0.3 is 0 Å². The van der Waals surface area contributed by atoms with Gasteiger partial charge < -0.3 is 14.8 Å². The van der Waals surface area contributed by atoms with Crippen molar-refractivity contribution in [2.75, 3.05) is 27.4 Å². The van der Waals surface area contributed by atoms with E-state index in [1.54, 1.807) is 20.4 Å². The second kappa shape index (κ2) is 6.86. The number of hydrogen-bond donors (Lipinski definition) is 1. The molecule has 2 rings (SSSR count). The molecule has 0 aliphatic carbocycles. The van der Waals surface area contributed by atoms with Crippen LogP contribution in [0.25, 0.3) is 10.9 Å². The summed E-state index contributed by atoms with van der Waals surface area (Å²) in [5.74, 6) is 0.621. The van der Waals surface area contributed by atoms with Crippen molar-refractivity contribution >= 4 is 16.8 Å². The molecule has 0 aliphatic heterocycles. The lowest BCUT2D eigenvalue weighted by molar-refractivity contribution is 0.0948. The summed E-state index contributed by atoms with van der Waals surface area (Å²) in [4.78, 5) is 16.3. The molecule has 0 unspecified atom stereocenters. The topological polar surface area (TPSA) is 60.5 Å². The number of methoxy groups -OCH3 is 2. The average Bonchev–Trinajstić information content (AvgIpc) is 2.50. The number of benzene rings is 1. The molecule has 0 bridgehead atoms. The van der Waals surface area contributed by atoms with E-state index in [0.717, 1.165) is 23.1 Å². The van der Waals surface area contributed by atoms with Gasteiger partial charge in [0, 0.05) is 31.8 Å². The lowest BCUT2D eigenvalue weighted by Gasteiger charge is -2.06. The van der Waals surface area contributed by atoms with Gasteiger partial charge in [-0.1, -0.05) is 0 Å². The molecule has 0 aliphatic rings. The molecule has 1 heterocycles. The van der Waals surface area contributed by atoms with Gasteiger partial charge in [0.25, 0.3) is 5.91 Å². The minimum atomic E-state index is -0.127. The molecule has 0 atom stereocenters. The average molecular weight is 274 g/mol. The molecule has 1 amide bonds. The van der Waals surface area contributed by atoms with Crippen molar-refractivity contribution in [3.05, 3.63) is 36.0 Å². The number of pyridine rings is 1. The van der Waals surface area contributed by atoms with Gasteiger partial charge in [-0.3, -0.25) is 9.78 Å². The van der Waals surface area contributed by atoms with Crippen molar-refractivity contribution in [3.63, 3.8) is 0 Å². The number of amides is 1. The van der Waals surface area contributed by atoms with Crippen LogP contribution in [0.3, 0.4) is 0 Å². The maximum absolute atomic E-state index is 12.0. The molecule has 5 heteroatoms. The molecule has 1 N–H and O–H groups in total. The summed E-state index contributed by atoms with van der Waals surface area (Å²) in [6.07, 6.45) is 2.37. The first-order valence-electron chi connectivity index (χ1n) is 6.45. The third-order valence-corrected chi connectivity index (χ3v) is 2.96. The number of ether oxygens (including phenoxy) is 2. The zero-order chi connectivity index (χ0) is 14.4. The maximum atomic E-state index is 12.0. The molecule has 0 spiro atoms. The van der Waals surface area contributed by atoms with Gasteiger partial charge in [-0.05, 0) is 30.7 Å². The Bertz CT molecular complexity index is 599. The number of nitrogens with one attached hydrogen (secondary N) is 1. The minimum Gasteiger partial charge on any atom is -0.497 e. The van der Waals surface area contributed by atoms with E-state index in [1.165, 1.54) is 0 Å². The third-order valence-electron chi connectivity index (χ3n) is 2.96.